The van der Waals surface area contributed by atoms with E-state index in [0.717, 1.165) is 12.1 Å². The van der Waals surface area contributed by atoms with Crippen molar-refractivity contribution < 1.29 is 9.39 Å². The number of methoxy groups -OCH3 is 1. The fourth-order valence-corrected chi connectivity index (χ4v) is 2.58. The summed E-state index contributed by atoms with van der Waals surface area (Å²) in [6, 6.07) is 6.23. The first-order valence-electron chi connectivity index (χ1n) is 6.59. The average molecular weight is 246 g/mol. The molecule has 0 saturated carbocycles. The van der Waals surface area contributed by atoms with Crippen LogP contribution in [0.2, 0.25) is 6.32 Å². The Hall–Kier alpha value is -0.955. The van der Waals surface area contributed by atoms with Crippen LogP contribution in [0.1, 0.15) is 33.3 Å². The summed E-state index contributed by atoms with van der Waals surface area (Å²) in [6.07, 6.45) is 1.06. The minimum absolute atomic E-state index is 0.0793. The second-order valence-electron chi connectivity index (χ2n) is 6.43. The Morgan fingerprint density at radius 3 is 2.33 bits per heavy atom. The lowest BCUT2D eigenvalue weighted by molar-refractivity contribution is 0.0375. The highest BCUT2D eigenvalue weighted by Gasteiger charge is 2.50. The number of rotatable bonds is 2. The van der Waals surface area contributed by atoms with Crippen LogP contribution >= 0.6 is 0 Å². The predicted octanol–water partition coefficient (Wildman–Crippen LogP) is 3.04. The summed E-state index contributed by atoms with van der Waals surface area (Å²) in [4.78, 5) is 0. The van der Waals surface area contributed by atoms with E-state index in [1.807, 2.05) is 6.07 Å². The van der Waals surface area contributed by atoms with Gasteiger partial charge in [-0.25, -0.2) is 0 Å². The molecule has 0 spiro atoms. The van der Waals surface area contributed by atoms with Crippen molar-refractivity contribution in [3.05, 3.63) is 23.8 Å². The van der Waals surface area contributed by atoms with Crippen LogP contribution < -0.4 is 10.2 Å². The Morgan fingerprint density at radius 2 is 1.89 bits per heavy atom. The first-order valence-corrected chi connectivity index (χ1v) is 6.59. The van der Waals surface area contributed by atoms with Gasteiger partial charge in [0.1, 0.15) is 5.75 Å². The van der Waals surface area contributed by atoms with Gasteiger partial charge in [0.05, 0.1) is 12.7 Å². The SMILES string of the molecule is COc1ccc(B2CC(C)(C)C(C)(C)O2)c(C)c1. The van der Waals surface area contributed by atoms with Gasteiger partial charge in [0, 0.05) is 0 Å². The maximum Gasteiger partial charge on any atom is 0.328 e. The number of aryl methyl sites for hydroxylation is 1. The molecule has 0 N–H and O–H groups in total. The third-order valence-corrected chi connectivity index (χ3v) is 4.59. The Labute approximate surface area is 111 Å². The first kappa shape index (κ1) is 13.5. The fraction of sp³-hybridized carbons (Fsp3) is 0.600. The maximum absolute atomic E-state index is 6.26. The zero-order valence-corrected chi connectivity index (χ0v) is 12.3. The molecular formula is C15H23BO2. The monoisotopic (exact) mass is 246 g/mol. The van der Waals surface area contributed by atoms with E-state index in [-0.39, 0.29) is 17.9 Å². The molecule has 1 saturated heterocycles. The van der Waals surface area contributed by atoms with Gasteiger partial charge in [-0.05, 0) is 50.1 Å². The van der Waals surface area contributed by atoms with Crippen LogP contribution in [-0.2, 0) is 4.65 Å². The zero-order valence-electron chi connectivity index (χ0n) is 12.3. The third-order valence-electron chi connectivity index (χ3n) is 4.59. The molecule has 1 fully saturated rings. The highest BCUT2D eigenvalue weighted by molar-refractivity contribution is 6.68. The van der Waals surface area contributed by atoms with Gasteiger partial charge in [0.15, 0.2) is 0 Å². The lowest BCUT2D eigenvalue weighted by Crippen LogP contribution is -2.36. The highest BCUT2D eigenvalue weighted by atomic mass is 16.5. The first-order chi connectivity index (χ1) is 8.27. The number of hydrogen-bond donors (Lipinski definition) is 0. The Kier molecular flexibility index (Phi) is 3.22. The van der Waals surface area contributed by atoms with Crippen LogP contribution in [0.25, 0.3) is 0 Å². The summed E-state index contributed by atoms with van der Waals surface area (Å²) in [5.41, 5.74) is 2.65. The van der Waals surface area contributed by atoms with Crippen molar-refractivity contribution in [2.24, 2.45) is 5.41 Å². The fourth-order valence-electron chi connectivity index (χ4n) is 2.58. The smallest absolute Gasteiger partial charge is 0.328 e. The van der Waals surface area contributed by atoms with Crippen molar-refractivity contribution in [3.8, 4) is 5.75 Å². The molecule has 18 heavy (non-hydrogen) atoms. The minimum Gasteiger partial charge on any atom is -0.497 e. The lowest BCUT2D eigenvalue weighted by Gasteiger charge is -2.34. The molecule has 1 aliphatic rings. The van der Waals surface area contributed by atoms with Crippen LogP contribution in [0.5, 0.6) is 5.75 Å². The van der Waals surface area contributed by atoms with Gasteiger partial charge in [-0.1, -0.05) is 25.5 Å². The van der Waals surface area contributed by atoms with Gasteiger partial charge >= 0.3 is 6.92 Å². The molecule has 2 nitrogen and oxygen atoms in total. The minimum atomic E-state index is -0.0793. The standard InChI is InChI=1S/C15H23BO2/c1-11-9-12(17-6)7-8-13(11)16-10-14(2,3)15(4,5)18-16/h7-9H,10H2,1-6H3. The van der Waals surface area contributed by atoms with Gasteiger partial charge in [-0.15, -0.1) is 0 Å². The van der Waals surface area contributed by atoms with Crippen molar-refractivity contribution in [3.63, 3.8) is 0 Å². The summed E-state index contributed by atoms with van der Waals surface area (Å²) in [7, 11) is 1.70. The van der Waals surface area contributed by atoms with Gasteiger partial charge in [-0.2, -0.15) is 0 Å². The predicted molar refractivity (Wildman–Crippen MR) is 76.9 cm³/mol. The number of hydrogen-bond acceptors (Lipinski definition) is 2. The molecule has 2 rings (SSSR count). The molecule has 1 aromatic rings. The molecule has 3 heteroatoms. The van der Waals surface area contributed by atoms with E-state index >= 15 is 0 Å². The summed E-state index contributed by atoms with van der Waals surface area (Å²) in [5.74, 6) is 0.910. The van der Waals surface area contributed by atoms with Gasteiger partial charge < -0.3 is 9.39 Å². The largest absolute Gasteiger partial charge is 0.497 e. The Morgan fingerprint density at radius 1 is 1.22 bits per heavy atom. The van der Waals surface area contributed by atoms with Gasteiger partial charge in [-0.3, -0.25) is 0 Å². The third kappa shape index (κ3) is 2.16. The molecule has 1 heterocycles. The number of ether oxygens (including phenoxy) is 1. The van der Waals surface area contributed by atoms with Crippen LogP contribution in [-0.4, -0.2) is 19.6 Å². The van der Waals surface area contributed by atoms with Crippen LogP contribution in [0, 0.1) is 12.3 Å². The van der Waals surface area contributed by atoms with Crippen molar-refractivity contribution in [1.82, 2.24) is 0 Å². The molecule has 0 amide bonds. The normalized spacial score (nSPS) is 21.1. The molecule has 0 aliphatic carbocycles. The molecule has 0 radical (unpaired) electrons. The van der Waals surface area contributed by atoms with Crippen molar-refractivity contribution >= 4 is 12.4 Å². The van der Waals surface area contributed by atoms with Crippen molar-refractivity contribution in [2.45, 2.75) is 46.5 Å². The summed E-state index contributed by atoms with van der Waals surface area (Å²) < 4.78 is 11.5. The summed E-state index contributed by atoms with van der Waals surface area (Å²) in [5, 5.41) is 0. The van der Waals surface area contributed by atoms with Crippen LogP contribution in [0.4, 0.5) is 0 Å². The van der Waals surface area contributed by atoms with Gasteiger partial charge in [0.2, 0.25) is 0 Å². The molecule has 98 valence electrons. The van der Waals surface area contributed by atoms with E-state index in [1.165, 1.54) is 11.0 Å². The van der Waals surface area contributed by atoms with E-state index < -0.39 is 0 Å². The molecule has 0 aromatic heterocycles. The second kappa shape index (κ2) is 4.31. The maximum atomic E-state index is 6.26. The van der Waals surface area contributed by atoms with Gasteiger partial charge in [0.25, 0.3) is 0 Å². The van der Waals surface area contributed by atoms with E-state index in [9.17, 15) is 0 Å². The lowest BCUT2D eigenvalue weighted by atomic mass is 9.53. The molecule has 0 atom stereocenters. The molecule has 1 aliphatic heterocycles. The molecular weight excluding hydrogens is 223 g/mol. The van der Waals surface area contributed by atoms with E-state index in [1.54, 1.807) is 7.11 Å². The second-order valence-corrected chi connectivity index (χ2v) is 6.43. The number of benzene rings is 1. The van der Waals surface area contributed by atoms with E-state index in [2.05, 4.69) is 46.8 Å². The van der Waals surface area contributed by atoms with Crippen LogP contribution in [0.3, 0.4) is 0 Å². The van der Waals surface area contributed by atoms with E-state index in [4.69, 9.17) is 9.39 Å². The van der Waals surface area contributed by atoms with E-state index in [0.29, 0.717) is 0 Å². The Bertz CT molecular complexity index is 436. The summed E-state index contributed by atoms with van der Waals surface area (Å²) in [6.45, 7) is 11.3. The molecule has 0 bridgehead atoms. The van der Waals surface area contributed by atoms with Crippen molar-refractivity contribution in [2.75, 3.05) is 7.11 Å². The Balaban J connectivity index is 2.30. The molecule has 0 unspecified atom stereocenters. The average Bonchev–Trinajstić information content (AvgIpc) is 2.47. The molecule has 1 aromatic carbocycles. The zero-order chi connectivity index (χ0) is 13.6. The quantitative estimate of drug-likeness (QED) is 0.747. The van der Waals surface area contributed by atoms with Crippen molar-refractivity contribution in [1.29, 1.82) is 0 Å². The summed E-state index contributed by atoms with van der Waals surface area (Å²) >= 11 is 0. The highest BCUT2D eigenvalue weighted by Crippen LogP contribution is 2.45. The van der Waals surface area contributed by atoms with Crippen LogP contribution in [0.15, 0.2) is 18.2 Å². The topological polar surface area (TPSA) is 18.5 Å².